The van der Waals surface area contributed by atoms with Crippen molar-refractivity contribution in [3.05, 3.63) is 71.3 Å². The van der Waals surface area contributed by atoms with E-state index in [9.17, 15) is 14.0 Å². The smallest absolute Gasteiger partial charge is 0.254 e. The van der Waals surface area contributed by atoms with Crippen molar-refractivity contribution in [3.8, 4) is 5.75 Å². The molecule has 8 nitrogen and oxygen atoms in total. The first kappa shape index (κ1) is 22.3. The van der Waals surface area contributed by atoms with Gasteiger partial charge in [-0.2, -0.15) is 0 Å². The molecule has 2 amide bonds. The van der Waals surface area contributed by atoms with Crippen molar-refractivity contribution in [1.82, 2.24) is 25.4 Å². The number of nitrogens with zero attached hydrogens (tertiary/aromatic N) is 3. The van der Waals surface area contributed by atoms with E-state index in [0.29, 0.717) is 17.5 Å². The molecule has 2 aromatic carbocycles. The van der Waals surface area contributed by atoms with Crippen LogP contribution in [-0.4, -0.2) is 39.4 Å². The molecule has 0 fully saturated rings. The predicted molar refractivity (Wildman–Crippen MR) is 114 cm³/mol. The number of rotatable bonds is 9. The molecule has 162 valence electrons. The number of nitrogens with one attached hydrogen (secondary N) is 2. The molecule has 0 saturated carbocycles. The highest BCUT2D eigenvalue weighted by Gasteiger charge is 2.14. The molecular weight excluding hydrogens is 421 g/mol. The second-order valence-corrected chi connectivity index (χ2v) is 7.48. The van der Waals surface area contributed by atoms with E-state index in [4.69, 9.17) is 4.74 Å². The van der Waals surface area contributed by atoms with Gasteiger partial charge in [-0.05, 0) is 29.8 Å². The number of benzene rings is 2. The average Bonchev–Trinajstić information content (AvgIpc) is 3.14. The van der Waals surface area contributed by atoms with E-state index in [0.717, 1.165) is 11.3 Å². The third-order valence-corrected chi connectivity index (χ3v) is 5.45. The van der Waals surface area contributed by atoms with Crippen LogP contribution in [-0.2, 0) is 24.9 Å². The molecule has 10 heteroatoms. The Bertz CT molecular complexity index is 1060. The molecule has 0 bridgehead atoms. The Morgan fingerprint density at radius 3 is 2.52 bits per heavy atom. The van der Waals surface area contributed by atoms with Crippen molar-refractivity contribution in [2.24, 2.45) is 7.05 Å². The summed E-state index contributed by atoms with van der Waals surface area (Å²) < 4.78 is 20.5. The SMILES string of the molecule is COc1ccc(CNC(=O)CSc2nnc(CNC(=O)c3ccccc3F)n2C)cc1. The summed E-state index contributed by atoms with van der Waals surface area (Å²) in [5.41, 5.74) is 0.929. The molecule has 0 unspecified atom stereocenters. The fourth-order valence-corrected chi connectivity index (χ4v) is 3.41. The molecule has 3 aromatic rings. The molecule has 1 heterocycles. The normalized spacial score (nSPS) is 10.5. The van der Waals surface area contributed by atoms with Crippen molar-refractivity contribution in [3.63, 3.8) is 0 Å². The van der Waals surface area contributed by atoms with Gasteiger partial charge >= 0.3 is 0 Å². The lowest BCUT2D eigenvalue weighted by Crippen LogP contribution is -2.25. The Kier molecular flexibility index (Phi) is 7.60. The summed E-state index contributed by atoms with van der Waals surface area (Å²) in [7, 11) is 3.34. The van der Waals surface area contributed by atoms with Gasteiger partial charge < -0.3 is 19.9 Å². The first-order chi connectivity index (χ1) is 15.0. The molecule has 2 N–H and O–H groups in total. The van der Waals surface area contributed by atoms with E-state index in [1.807, 2.05) is 24.3 Å². The lowest BCUT2D eigenvalue weighted by Gasteiger charge is -2.07. The van der Waals surface area contributed by atoms with E-state index >= 15 is 0 Å². The van der Waals surface area contributed by atoms with Crippen molar-refractivity contribution < 1.29 is 18.7 Å². The fourth-order valence-electron chi connectivity index (χ4n) is 2.65. The van der Waals surface area contributed by atoms with Gasteiger partial charge in [0.1, 0.15) is 11.6 Å². The second-order valence-electron chi connectivity index (χ2n) is 6.53. The number of methoxy groups -OCH3 is 1. The molecule has 0 aliphatic carbocycles. The molecule has 0 aliphatic rings. The van der Waals surface area contributed by atoms with Gasteiger partial charge in [0.2, 0.25) is 5.91 Å². The largest absolute Gasteiger partial charge is 0.497 e. The van der Waals surface area contributed by atoms with Gasteiger partial charge in [-0.3, -0.25) is 9.59 Å². The number of aromatic nitrogens is 3. The minimum Gasteiger partial charge on any atom is -0.497 e. The number of ether oxygens (including phenoxy) is 1. The summed E-state index contributed by atoms with van der Waals surface area (Å²) in [6.45, 7) is 0.496. The van der Waals surface area contributed by atoms with Crippen molar-refractivity contribution in [2.75, 3.05) is 12.9 Å². The molecule has 3 rings (SSSR count). The van der Waals surface area contributed by atoms with Crippen LogP contribution in [0.5, 0.6) is 5.75 Å². The summed E-state index contributed by atoms with van der Waals surface area (Å²) in [6, 6.07) is 13.2. The van der Waals surface area contributed by atoms with Gasteiger partial charge in [-0.15, -0.1) is 10.2 Å². The highest BCUT2D eigenvalue weighted by molar-refractivity contribution is 7.99. The number of halogens is 1. The minimum atomic E-state index is -0.588. The van der Waals surface area contributed by atoms with Crippen LogP contribution in [0.4, 0.5) is 4.39 Å². The standard InChI is InChI=1S/C21H22FN5O3S/c1-27-18(12-24-20(29)16-5-3-4-6-17(16)22)25-26-21(27)31-13-19(28)23-11-14-7-9-15(30-2)10-8-14/h3-10H,11-13H2,1-2H3,(H,23,28)(H,24,29). The predicted octanol–water partition coefficient (Wildman–Crippen LogP) is 2.30. The zero-order valence-corrected chi connectivity index (χ0v) is 17.9. The molecular formula is C21H22FN5O3S. The first-order valence-corrected chi connectivity index (χ1v) is 10.4. The number of thioether (sulfide) groups is 1. The summed E-state index contributed by atoms with van der Waals surface area (Å²) in [5, 5.41) is 14.1. The Balaban J connectivity index is 1.46. The Morgan fingerprint density at radius 1 is 1.06 bits per heavy atom. The average molecular weight is 444 g/mol. The zero-order valence-electron chi connectivity index (χ0n) is 17.1. The van der Waals surface area contributed by atoms with Crippen LogP contribution < -0.4 is 15.4 Å². The van der Waals surface area contributed by atoms with Crippen LogP contribution in [0.3, 0.4) is 0 Å². The van der Waals surface area contributed by atoms with Gasteiger partial charge in [0.25, 0.3) is 5.91 Å². The number of hydrogen-bond acceptors (Lipinski definition) is 6. The summed E-state index contributed by atoms with van der Waals surface area (Å²) in [4.78, 5) is 24.3. The van der Waals surface area contributed by atoms with E-state index in [-0.39, 0.29) is 23.8 Å². The van der Waals surface area contributed by atoms with Crippen LogP contribution in [0.15, 0.2) is 53.7 Å². The number of hydrogen-bond donors (Lipinski definition) is 2. The molecule has 0 radical (unpaired) electrons. The minimum absolute atomic E-state index is 0.0344. The Labute approximate surface area is 183 Å². The summed E-state index contributed by atoms with van der Waals surface area (Å²) >= 11 is 1.23. The van der Waals surface area contributed by atoms with Gasteiger partial charge in [-0.1, -0.05) is 36.0 Å². The second kappa shape index (κ2) is 10.6. The summed E-state index contributed by atoms with van der Waals surface area (Å²) in [6.07, 6.45) is 0. The Morgan fingerprint density at radius 2 is 1.81 bits per heavy atom. The van der Waals surface area contributed by atoms with E-state index in [1.165, 1.54) is 30.0 Å². The number of carbonyl (C=O) groups is 2. The lowest BCUT2D eigenvalue weighted by atomic mass is 10.2. The van der Waals surface area contributed by atoms with Gasteiger partial charge in [0, 0.05) is 13.6 Å². The molecule has 0 aliphatic heterocycles. The van der Waals surface area contributed by atoms with E-state index in [2.05, 4.69) is 20.8 Å². The van der Waals surface area contributed by atoms with Crippen LogP contribution in [0.2, 0.25) is 0 Å². The fraction of sp³-hybridized carbons (Fsp3) is 0.238. The van der Waals surface area contributed by atoms with Gasteiger partial charge in [0.15, 0.2) is 11.0 Å². The first-order valence-electron chi connectivity index (χ1n) is 9.41. The number of carbonyl (C=O) groups excluding carboxylic acids is 2. The highest BCUT2D eigenvalue weighted by Crippen LogP contribution is 2.16. The third kappa shape index (κ3) is 6.05. The van der Waals surface area contributed by atoms with Crippen LogP contribution in [0.1, 0.15) is 21.7 Å². The van der Waals surface area contributed by atoms with Crippen molar-refractivity contribution in [2.45, 2.75) is 18.2 Å². The van der Waals surface area contributed by atoms with Crippen molar-refractivity contribution >= 4 is 23.6 Å². The molecule has 1 aromatic heterocycles. The Hall–Kier alpha value is -3.40. The maximum absolute atomic E-state index is 13.7. The monoisotopic (exact) mass is 443 g/mol. The lowest BCUT2D eigenvalue weighted by molar-refractivity contribution is -0.118. The van der Waals surface area contributed by atoms with Crippen molar-refractivity contribution in [1.29, 1.82) is 0 Å². The van der Waals surface area contributed by atoms with Gasteiger partial charge in [-0.25, -0.2) is 4.39 Å². The number of amides is 2. The molecule has 0 spiro atoms. The van der Waals surface area contributed by atoms with Crippen LogP contribution in [0, 0.1) is 5.82 Å². The van der Waals surface area contributed by atoms with Gasteiger partial charge in [0.05, 0.1) is 25.0 Å². The topological polar surface area (TPSA) is 98.1 Å². The van der Waals surface area contributed by atoms with E-state index in [1.54, 1.807) is 24.8 Å². The summed E-state index contributed by atoms with van der Waals surface area (Å²) in [5.74, 6) is 0.157. The van der Waals surface area contributed by atoms with E-state index < -0.39 is 11.7 Å². The zero-order chi connectivity index (χ0) is 22.2. The quantitative estimate of drug-likeness (QED) is 0.493. The van der Waals surface area contributed by atoms with Crippen LogP contribution >= 0.6 is 11.8 Å². The molecule has 0 saturated heterocycles. The molecule has 31 heavy (non-hydrogen) atoms. The third-order valence-electron chi connectivity index (χ3n) is 4.43. The maximum atomic E-state index is 13.7. The van der Waals surface area contributed by atoms with Crippen LogP contribution in [0.25, 0.3) is 0 Å². The molecule has 0 atom stereocenters. The maximum Gasteiger partial charge on any atom is 0.254 e. The highest BCUT2D eigenvalue weighted by atomic mass is 32.2.